The quantitative estimate of drug-likeness (QED) is 0.429. The van der Waals surface area contributed by atoms with E-state index in [9.17, 15) is 4.79 Å². The molecule has 5 aromatic rings. The predicted octanol–water partition coefficient (Wildman–Crippen LogP) is 4.93. The number of hydrogen-bond acceptors (Lipinski definition) is 6. The summed E-state index contributed by atoms with van der Waals surface area (Å²) in [6.07, 6.45) is 4.14. The summed E-state index contributed by atoms with van der Waals surface area (Å²) in [5.74, 6) is -0.0300. The fraction of sp³-hybridized carbons (Fsp3) is 0.130. The van der Waals surface area contributed by atoms with Gasteiger partial charge in [0.05, 0.1) is 28.4 Å². The fourth-order valence-electron chi connectivity index (χ4n) is 3.98. The summed E-state index contributed by atoms with van der Waals surface area (Å²) in [6.45, 7) is 0.604. The van der Waals surface area contributed by atoms with Crippen LogP contribution >= 0.6 is 22.7 Å². The summed E-state index contributed by atoms with van der Waals surface area (Å²) in [7, 11) is 0. The lowest BCUT2D eigenvalue weighted by Crippen LogP contribution is -2.40. The molecular weight excluding hydrogens is 426 g/mol. The van der Waals surface area contributed by atoms with E-state index < -0.39 is 0 Å². The van der Waals surface area contributed by atoms with Crippen LogP contribution in [0.3, 0.4) is 0 Å². The average Bonchev–Trinajstić information content (AvgIpc) is 3.57. The number of imidazole rings is 1. The first-order chi connectivity index (χ1) is 15.3. The molecule has 0 bridgehead atoms. The number of carbonyl (C=O) groups excluding carboxylic acids is 1. The number of nitrogens with one attached hydrogen (secondary N) is 1. The van der Waals surface area contributed by atoms with E-state index in [1.54, 1.807) is 23.9 Å². The molecule has 8 heteroatoms. The number of nitrogens with zero attached hydrogens (tertiary/aromatic N) is 4. The summed E-state index contributed by atoms with van der Waals surface area (Å²) < 4.78 is 1.11. The fourth-order valence-corrected chi connectivity index (χ4v) is 5.94. The summed E-state index contributed by atoms with van der Waals surface area (Å²) in [6, 6.07) is 17.7. The SMILES string of the molecule is O=C(c1cnc(-c2ccccc2)s1)N1CCc2[nH]cnc2[C@H]1c1nc2ccccc2s1. The molecule has 1 aliphatic heterocycles. The topological polar surface area (TPSA) is 74.8 Å². The Morgan fingerprint density at radius 2 is 1.87 bits per heavy atom. The number of H-pyrrole nitrogens is 1. The van der Waals surface area contributed by atoms with Crippen LogP contribution in [-0.2, 0) is 6.42 Å². The minimum Gasteiger partial charge on any atom is -0.348 e. The zero-order valence-corrected chi connectivity index (χ0v) is 18.0. The second kappa shape index (κ2) is 7.40. The van der Waals surface area contributed by atoms with E-state index in [-0.39, 0.29) is 11.9 Å². The Labute approximate surface area is 186 Å². The third kappa shape index (κ3) is 3.15. The smallest absolute Gasteiger partial charge is 0.266 e. The zero-order chi connectivity index (χ0) is 20.8. The van der Waals surface area contributed by atoms with Gasteiger partial charge in [-0.25, -0.2) is 15.0 Å². The minimum atomic E-state index is -0.304. The van der Waals surface area contributed by atoms with E-state index in [4.69, 9.17) is 4.98 Å². The van der Waals surface area contributed by atoms with Gasteiger partial charge in [0.2, 0.25) is 0 Å². The van der Waals surface area contributed by atoms with Crippen LogP contribution in [-0.4, -0.2) is 37.3 Å². The van der Waals surface area contributed by atoms with Crippen molar-refractivity contribution in [2.24, 2.45) is 0 Å². The number of fused-ring (bicyclic) bond motifs is 2. The van der Waals surface area contributed by atoms with Crippen molar-refractivity contribution in [1.82, 2.24) is 24.8 Å². The molecule has 4 heterocycles. The van der Waals surface area contributed by atoms with Gasteiger partial charge >= 0.3 is 0 Å². The third-order valence-electron chi connectivity index (χ3n) is 5.47. The zero-order valence-electron chi connectivity index (χ0n) is 16.4. The lowest BCUT2D eigenvalue weighted by atomic mass is 10.0. The molecule has 1 atom stereocenters. The molecule has 31 heavy (non-hydrogen) atoms. The molecule has 0 radical (unpaired) electrons. The Balaban J connectivity index is 1.40. The summed E-state index contributed by atoms with van der Waals surface area (Å²) in [4.78, 5) is 33.3. The Morgan fingerprint density at radius 1 is 1.03 bits per heavy atom. The number of amides is 1. The highest BCUT2D eigenvalue weighted by molar-refractivity contribution is 7.18. The van der Waals surface area contributed by atoms with Crippen LogP contribution in [0.15, 0.2) is 67.1 Å². The van der Waals surface area contributed by atoms with Crippen LogP contribution < -0.4 is 0 Å². The van der Waals surface area contributed by atoms with Crippen LogP contribution in [0.5, 0.6) is 0 Å². The highest BCUT2D eigenvalue weighted by atomic mass is 32.1. The predicted molar refractivity (Wildman–Crippen MR) is 122 cm³/mol. The number of carbonyl (C=O) groups is 1. The molecule has 0 saturated heterocycles. The van der Waals surface area contributed by atoms with E-state index in [0.717, 1.165) is 43.6 Å². The summed E-state index contributed by atoms with van der Waals surface area (Å²) in [5, 5.41) is 1.73. The van der Waals surface area contributed by atoms with Crippen LogP contribution in [0.25, 0.3) is 20.8 Å². The van der Waals surface area contributed by atoms with Gasteiger partial charge in [-0.2, -0.15) is 0 Å². The molecule has 152 valence electrons. The molecular formula is C23H17N5OS2. The van der Waals surface area contributed by atoms with Gasteiger partial charge in [-0.05, 0) is 12.1 Å². The minimum absolute atomic E-state index is 0.0300. The molecule has 6 rings (SSSR count). The second-order valence-corrected chi connectivity index (χ2v) is 9.43. The van der Waals surface area contributed by atoms with Crippen molar-refractivity contribution >= 4 is 38.8 Å². The van der Waals surface area contributed by atoms with Gasteiger partial charge in [0.1, 0.15) is 20.9 Å². The highest BCUT2D eigenvalue weighted by Gasteiger charge is 2.37. The van der Waals surface area contributed by atoms with E-state index in [0.29, 0.717) is 11.4 Å². The number of rotatable bonds is 3. The molecule has 0 saturated carbocycles. The summed E-state index contributed by atoms with van der Waals surface area (Å²) in [5.41, 5.74) is 3.92. The molecule has 1 N–H and O–H groups in total. The van der Waals surface area contributed by atoms with Gasteiger partial charge < -0.3 is 9.88 Å². The van der Waals surface area contributed by atoms with Crippen molar-refractivity contribution in [2.75, 3.05) is 6.54 Å². The monoisotopic (exact) mass is 443 g/mol. The van der Waals surface area contributed by atoms with E-state index in [1.807, 2.05) is 53.4 Å². The van der Waals surface area contributed by atoms with Crippen molar-refractivity contribution in [3.8, 4) is 10.6 Å². The first-order valence-electron chi connectivity index (χ1n) is 9.98. The number of thiazole rings is 2. The van der Waals surface area contributed by atoms with Gasteiger partial charge in [0, 0.05) is 24.2 Å². The van der Waals surface area contributed by atoms with Gasteiger partial charge in [-0.1, -0.05) is 42.5 Å². The molecule has 0 spiro atoms. The molecule has 1 amide bonds. The number of benzene rings is 2. The largest absolute Gasteiger partial charge is 0.348 e. The van der Waals surface area contributed by atoms with Gasteiger partial charge in [-0.3, -0.25) is 4.79 Å². The Kier molecular flexibility index (Phi) is 4.40. The molecule has 0 fully saturated rings. The van der Waals surface area contributed by atoms with Crippen molar-refractivity contribution in [1.29, 1.82) is 0 Å². The van der Waals surface area contributed by atoms with Crippen LogP contribution in [0.2, 0.25) is 0 Å². The number of para-hydroxylation sites is 1. The highest BCUT2D eigenvalue weighted by Crippen LogP contribution is 2.38. The van der Waals surface area contributed by atoms with Crippen LogP contribution in [0, 0.1) is 0 Å². The molecule has 1 aliphatic rings. The maximum absolute atomic E-state index is 13.6. The number of aromatic amines is 1. The van der Waals surface area contributed by atoms with Gasteiger partial charge in [-0.15, -0.1) is 22.7 Å². The Hall–Kier alpha value is -3.36. The first-order valence-corrected chi connectivity index (χ1v) is 11.6. The van der Waals surface area contributed by atoms with E-state index in [2.05, 4.69) is 21.0 Å². The molecule has 0 aliphatic carbocycles. The third-order valence-corrected chi connectivity index (χ3v) is 7.59. The van der Waals surface area contributed by atoms with Crippen LogP contribution in [0.4, 0.5) is 0 Å². The van der Waals surface area contributed by atoms with Crippen molar-refractivity contribution in [3.63, 3.8) is 0 Å². The normalized spacial score (nSPS) is 15.9. The Bertz CT molecular complexity index is 1350. The van der Waals surface area contributed by atoms with Gasteiger partial charge in [0.25, 0.3) is 5.91 Å². The molecule has 3 aromatic heterocycles. The molecule has 2 aromatic carbocycles. The van der Waals surface area contributed by atoms with E-state index >= 15 is 0 Å². The number of aromatic nitrogens is 4. The summed E-state index contributed by atoms with van der Waals surface area (Å²) >= 11 is 3.04. The lowest BCUT2D eigenvalue weighted by molar-refractivity contribution is 0.0695. The van der Waals surface area contributed by atoms with Crippen molar-refractivity contribution < 1.29 is 4.79 Å². The lowest BCUT2D eigenvalue weighted by Gasteiger charge is -2.33. The van der Waals surface area contributed by atoms with Crippen molar-refractivity contribution in [3.05, 3.63) is 88.4 Å². The van der Waals surface area contributed by atoms with Gasteiger partial charge in [0.15, 0.2) is 0 Å². The van der Waals surface area contributed by atoms with Crippen LogP contribution in [0.1, 0.15) is 32.1 Å². The average molecular weight is 444 g/mol. The standard InChI is InChI=1S/C23H17N5OS2/c29-23(18-12-24-21(31-18)14-6-2-1-3-7-14)28-11-10-16-19(26-13-25-16)20(28)22-27-15-8-4-5-9-17(15)30-22/h1-9,12-13,20H,10-11H2,(H,25,26)/t20-/m0/s1. The van der Waals surface area contributed by atoms with E-state index in [1.165, 1.54) is 11.3 Å². The maximum Gasteiger partial charge on any atom is 0.266 e. The molecule has 6 nitrogen and oxygen atoms in total. The van der Waals surface area contributed by atoms with Crippen molar-refractivity contribution in [2.45, 2.75) is 12.5 Å². The second-order valence-electron chi connectivity index (χ2n) is 7.33. The molecule has 0 unspecified atom stereocenters. The maximum atomic E-state index is 13.6. The number of hydrogen-bond donors (Lipinski definition) is 1. The Morgan fingerprint density at radius 3 is 2.74 bits per heavy atom. The first kappa shape index (κ1) is 18.4.